The molecule has 2 heterocycles. The molecule has 1 amide bonds. The van der Waals surface area contributed by atoms with E-state index in [1.54, 1.807) is 19.4 Å². The fourth-order valence-corrected chi connectivity index (χ4v) is 2.44. The predicted molar refractivity (Wildman–Crippen MR) is 88.0 cm³/mol. The molecule has 24 heavy (non-hydrogen) atoms. The van der Waals surface area contributed by atoms with E-state index in [9.17, 15) is 4.79 Å². The van der Waals surface area contributed by atoms with Gasteiger partial charge < -0.3 is 14.4 Å². The van der Waals surface area contributed by atoms with E-state index < -0.39 is 0 Å². The van der Waals surface area contributed by atoms with E-state index in [2.05, 4.69) is 20.4 Å². The van der Waals surface area contributed by atoms with Gasteiger partial charge in [-0.3, -0.25) is 4.79 Å². The number of imidazole rings is 1. The Bertz CT molecular complexity index is 823. The van der Waals surface area contributed by atoms with Crippen LogP contribution >= 0.6 is 0 Å². The van der Waals surface area contributed by atoms with Crippen molar-refractivity contribution in [3.63, 3.8) is 0 Å². The summed E-state index contributed by atoms with van der Waals surface area (Å²) in [7, 11) is 0. The number of hydrogen-bond donors (Lipinski definition) is 1. The molecule has 0 radical (unpaired) electrons. The van der Waals surface area contributed by atoms with Crippen molar-refractivity contribution in [3.8, 4) is 5.69 Å². The smallest absolute Gasteiger partial charge is 0.253 e. The summed E-state index contributed by atoms with van der Waals surface area (Å²) in [6.45, 7) is 4.29. The lowest BCUT2D eigenvalue weighted by atomic mass is 10.1. The van der Waals surface area contributed by atoms with Crippen LogP contribution in [0, 0.1) is 13.8 Å². The Kier molecular flexibility index (Phi) is 4.69. The van der Waals surface area contributed by atoms with Crippen molar-refractivity contribution in [2.24, 2.45) is 0 Å². The second kappa shape index (κ2) is 7.08. The molecule has 0 bridgehead atoms. The van der Waals surface area contributed by atoms with Gasteiger partial charge in [0.05, 0.1) is 17.6 Å². The lowest BCUT2D eigenvalue weighted by molar-refractivity contribution is 0.0953. The molecule has 0 aliphatic rings. The minimum atomic E-state index is -0.107. The van der Waals surface area contributed by atoms with Crippen LogP contribution in [0.1, 0.15) is 34.1 Å². The first-order valence-electron chi connectivity index (χ1n) is 7.80. The summed E-state index contributed by atoms with van der Waals surface area (Å²) in [5.74, 6) is 1.11. The van der Waals surface area contributed by atoms with Crippen LogP contribution in [0.25, 0.3) is 5.69 Å². The SMILES string of the molecule is Cc1ccc(-n2ccnc2)c(C(=O)NCCCc2nc(C)no2)c1. The first-order valence-corrected chi connectivity index (χ1v) is 7.80. The molecule has 0 aliphatic carbocycles. The summed E-state index contributed by atoms with van der Waals surface area (Å²) in [5.41, 5.74) is 2.47. The Morgan fingerprint density at radius 1 is 1.33 bits per heavy atom. The van der Waals surface area contributed by atoms with Crippen LogP contribution < -0.4 is 5.32 Å². The highest BCUT2D eigenvalue weighted by atomic mass is 16.5. The zero-order valence-corrected chi connectivity index (χ0v) is 13.7. The molecular formula is C17H19N5O2. The second-order valence-electron chi connectivity index (χ2n) is 5.59. The number of amides is 1. The number of carbonyl (C=O) groups excluding carboxylic acids is 1. The van der Waals surface area contributed by atoms with Gasteiger partial charge in [-0.25, -0.2) is 4.98 Å². The molecule has 0 fully saturated rings. The molecule has 0 atom stereocenters. The molecule has 0 saturated carbocycles. The van der Waals surface area contributed by atoms with E-state index in [0.717, 1.165) is 17.7 Å². The third-order valence-corrected chi connectivity index (χ3v) is 3.60. The molecule has 0 unspecified atom stereocenters. The minimum Gasteiger partial charge on any atom is -0.352 e. The first-order chi connectivity index (χ1) is 11.6. The van der Waals surface area contributed by atoms with Crippen LogP contribution in [-0.4, -0.2) is 32.1 Å². The summed E-state index contributed by atoms with van der Waals surface area (Å²) in [6.07, 6.45) is 6.57. The topological polar surface area (TPSA) is 85.8 Å². The average molecular weight is 325 g/mol. The summed E-state index contributed by atoms with van der Waals surface area (Å²) in [5, 5.41) is 6.69. The molecule has 2 aromatic heterocycles. The lowest BCUT2D eigenvalue weighted by Crippen LogP contribution is -2.26. The number of aromatic nitrogens is 4. The number of carbonyl (C=O) groups is 1. The summed E-state index contributed by atoms with van der Waals surface area (Å²) < 4.78 is 6.88. The molecule has 1 aromatic carbocycles. The molecule has 7 nitrogen and oxygen atoms in total. The maximum absolute atomic E-state index is 12.5. The Morgan fingerprint density at radius 3 is 2.92 bits per heavy atom. The molecular weight excluding hydrogens is 306 g/mol. The lowest BCUT2D eigenvalue weighted by Gasteiger charge is -2.11. The number of nitrogens with zero attached hydrogens (tertiary/aromatic N) is 4. The minimum absolute atomic E-state index is 0.107. The van der Waals surface area contributed by atoms with Crippen LogP contribution in [0.2, 0.25) is 0 Å². The molecule has 124 valence electrons. The second-order valence-corrected chi connectivity index (χ2v) is 5.59. The standard InChI is InChI=1S/C17H19N5O2/c1-12-5-6-15(22-9-8-18-11-22)14(10-12)17(23)19-7-3-4-16-20-13(2)21-24-16/h5-6,8-11H,3-4,7H2,1-2H3,(H,19,23). The number of rotatable bonds is 6. The van der Waals surface area contributed by atoms with Crippen LogP contribution in [0.15, 0.2) is 41.4 Å². The van der Waals surface area contributed by atoms with Gasteiger partial charge in [-0.05, 0) is 32.4 Å². The molecule has 0 saturated heterocycles. The van der Waals surface area contributed by atoms with E-state index in [0.29, 0.717) is 30.2 Å². The molecule has 1 N–H and O–H groups in total. The van der Waals surface area contributed by atoms with Gasteiger partial charge in [-0.2, -0.15) is 4.98 Å². The predicted octanol–water partition coefficient (Wildman–Crippen LogP) is 2.23. The van der Waals surface area contributed by atoms with Crippen molar-refractivity contribution in [2.75, 3.05) is 6.54 Å². The van der Waals surface area contributed by atoms with Gasteiger partial charge in [0.15, 0.2) is 5.82 Å². The van der Waals surface area contributed by atoms with Crippen LogP contribution in [-0.2, 0) is 6.42 Å². The van der Waals surface area contributed by atoms with Crippen molar-refractivity contribution in [2.45, 2.75) is 26.7 Å². The Labute approximate surface area is 139 Å². The van der Waals surface area contributed by atoms with Gasteiger partial charge in [0.25, 0.3) is 5.91 Å². The van der Waals surface area contributed by atoms with Crippen molar-refractivity contribution in [1.29, 1.82) is 0 Å². The van der Waals surface area contributed by atoms with E-state index in [1.165, 1.54) is 0 Å². The Hall–Kier alpha value is -2.96. The molecule has 3 rings (SSSR count). The molecule has 7 heteroatoms. The normalized spacial score (nSPS) is 10.8. The Morgan fingerprint density at radius 2 is 2.21 bits per heavy atom. The third-order valence-electron chi connectivity index (χ3n) is 3.60. The summed E-state index contributed by atoms with van der Waals surface area (Å²) >= 11 is 0. The van der Waals surface area contributed by atoms with Crippen LogP contribution in [0.3, 0.4) is 0 Å². The number of benzene rings is 1. The quantitative estimate of drug-likeness (QED) is 0.702. The third kappa shape index (κ3) is 3.68. The van der Waals surface area contributed by atoms with Crippen molar-refractivity contribution in [1.82, 2.24) is 25.0 Å². The molecule has 3 aromatic rings. The maximum atomic E-state index is 12.5. The van der Waals surface area contributed by atoms with Gasteiger partial charge in [0.1, 0.15) is 0 Å². The van der Waals surface area contributed by atoms with E-state index >= 15 is 0 Å². The summed E-state index contributed by atoms with van der Waals surface area (Å²) in [6, 6.07) is 5.78. The van der Waals surface area contributed by atoms with Gasteiger partial charge in [0.2, 0.25) is 5.89 Å². The highest BCUT2D eigenvalue weighted by molar-refractivity contribution is 5.98. The van der Waals surface area contributed by atoms with Gasteiger partial charge >= 0.3 is 0 Å². The zero-order valence-electron chi connectivity index (χ0n) is 13.7. The first kappa shape index (κ1) is 15.9. The van der Waals surface area contributed by atoms with E-state index in [4.69, 9.17) is 4.52 Å². The van der Waals surface area contributed by atoms with Gasteiger partial charge in [-0.15, -0.1) is 0 Å². The fourth-order valence-electron chi connectivity index (χ4n) is 2.44. The van der Waals surface area contributed by atoms with E-state index in [1.807, 2.05) is 35.9 Å². The number of aryl methyl sites for hydroxylation is 3. The number of nitrogens with one attached hydrogen (secondary N) is 1. The Balaban J connectivity index is 1.63. The number of hydrogen-bond acceptors (Lipinski definition) is 5. The highest BCUT2D eigenvalue weighted by Crippen LogP contribution is 2.16. The highest BCUT2D eigenvalue weighted by Gasteiger charge is 2.13. The average Bonchev–Trinajstić information content (AvgIpc) is 3.23. The van der Waals surface area contributed by atoms with Gasteiger partial charge in [-0.1, -0.05) is 16.8 Å². The largest absolute Gasteiger partial charge is 0.352 e. The van der Waals surface area contributed by atoms with Crippen molar-refractivity contribution < 1.29 is 9.32 Å². The van der Waals surface area contributed by atoms with Crippen LogP contribution in [0.5, 0.6) is 0 Å². The molecule has 0 aliphatic heterocycles. The van der Waals surface area contributed by atoms with Crippen molar-refractivity contribution in [3.05, 3.63) is 59.8 Å². The van der Waals surface area contributed by atoms with Crippen LogP contribution in [0.4, 0.5) is 0 Å². The fraction of sp³-hybridized carbons (Fsp3) is 0.294. The van der Waals surface area contributed by atoms with Gasteiger partial charge in [0, 0.05) is 25.4 Å². The maximum Gasteiger partial charge on any atom is 0.253 e. The summed E-state index contributed by atoms with van der Waals surface area (Å²) in [4.78, 5) is 20.7. The van der Waals surface area contributed by atoms with E-state index in [-0.39, 0.29) is 5.91 Å². The molecule has 0 spiro atoms. The monoisotopic (exact) mass is 325 g/mol. The van der Waals surface area contributed by atoms with Crippen molar-refractivity contribution >= 4 is 5.91 Å². The zero-order chi connectivity index (χ0) is 16.9.